The Kier molecular flexibility index (Phi) is 4.22. The summed E-state index contributed by atoms with van der Waals surface area (Å²) >= 11 is 0. The van der Waals surface area contributed by atoms with Crippen LogP contribution in [-0.4, -0.2) is 30.2 Å². The minimum Gasteiger partial charge on any atom is -0.508 e. The van der Waals surface area contributed by atoms with Gasteiger partial charge in [-0.15, -0.1) is 5.10 Å². The number of aryl methyl sites for hydroxylation is 1. The van der Waals surface area contributed by atoms with Crippen LogP contribution in [0.2, 0.25) is 0 Å². The molecule has 0 aliphatic rings. The van der Waals surface area contributed by atoms with Crippen LogP contribution in [-0.2, 0) is 6.42 Å². The highest BCUT2D eigenvalue weighted by atomic mass is 16.3. The molecule has 0 aliphatic carbocycles. The SMILES string of the molecule is CCc1cc(-n2nnc(N)c2-c2cccc3[nH]c(C(C)C)cc23)c(O)cc1O. The standard InChI is InChI=1S/C21H23N5O2/c1-4-12-8-17(19(28)10-18(12)27)26-20(21(22)24-25-26)13-6-5-7-15-14(13)9-16(23-15)11(2)3/h5-11,23,27-28H,4,22H2,1-3H3. The molecular weight excluding hydrogens is 354 g/mol. The van der Waals surface area contributed by atoms with Crippen LogP contribution in [0.15, 0.2) is 36.4 Å². The third-order valence-electron chi connectivity index (χ3n) is 5.04. The molecule has 0 saturated heterocycles. The van der Waals surface area contributed by atoms with Gasteiger partial charge in [0.2, 0.25) is 0 Å². The van der Waals surface area contributed by atoms with Crippen molar-refractivity contribution in [2.45, 2.75) is 33.1 Å². The van der Waals surface area contributed by atoms with Gasteiger partial charge in [-0.3, -0.25) is 0 Å². The van der Waals surface area contributed by atoms with E-state index in [0.29, 0.717) is 29.3 Å². The summed E-state index contributed by atoms with van der Waals surface area (Å²) < 4.78 is 1.53. The van der Waals surface area contributed by atoms with Crippen LogP contribution in [0, 0.1) is 0 Å². The number of phenols is 2. The fourth-order valence-electron chi connectivity index (χ4n) is 3.47. The van der Waals surface area contributed by atoms with Crippen LogP contribution in [0.3, 0.4) is 0 Å². The zero-order chi connectivity index (χ0) is 20.0. The molecule has 0 unspecified atom stereocenters. The van der Waals surface area contributed by atoms with E-state index in [1.165, 1.54) is 10.7 Å². The lowest BCUT2D eigenvalue weighted by atomic mass is 10.0. The summed E-state index contributed by atoms with van der Waals surface area (Å²) in [6.45, 7) is 6.19. The maximum absolute atomic E-state index is 10.4. The summed E-state index contributed by atoms with van der Waals surface area (Å²) in [6.07, 6.45) is 0.615. The van der Waals surface area contributed by atoms with Gasteiger partial charge in [0.1, 0.15) is 22.9 Å². The molecule has 2 aromatic carbocycles. The average molecular weight is 377 g/mol. The van der Waals surface area contributed by atoms with Crippen molar-refractivity contribution >= 4 is 16.7 Å². The zero-order valence-electron chi connectivity index (χ0n) is 16.1. The number of nitrogens with one attached hydrogen (secondary N) is 1. The zero-order valence-corrected chi connectivity index (χ0v) is 16.1. The van der Waals surface area contributed by atoms with Gasteiger partial charge in [0.25, 0.3) is 0 Å². The van der Waals surface area contributed by atoms with Gasteiger partial charge in [0.05, 0.1) is 0 Å². The van der Waals surface area contributed by atoms with Crippen molar-refractivity contribution in [3.8, 4) is 28.4 Å². The van der Waals surface area contributed by atoms with Gasteiger partial charge in [0, 0.05) is 28.2 Å². The Hall–Kier alpha value is -3.48. The summed E-state index contributed by atoms with van der Waals surface area (Å²) in [5.41, 5.74) is 10.9. The molecule has 0 fully saturated rings. The number of nitrogens with two attached hydrogens (primary N) is 1. The lowest BCUT2D eigenvalue weighted by Crippen LogP contribution is -2.02. The lowest BCUT2D eigenvalue weighted by Gasteiger charge is -2.12. The molecule has 28 heavy (non-hydrogen) atoms. The predicted molar refractivity (Wildman–Crippen MR) is 110 cm³/mol. The van der Waals surface area contributed by atoms with Gasteiger partial charge < -0.3 is 20.9 Å². The molecule has 0 bridgehead atoms. The van der Waals surface area contributed by atoms with E-state index in [9.17, 15) is 10.2 Å². The Morgan fingerprint density at radius 3 is 2.64 bits per heavy atom. The number of nitrogen functional groups attached to an aromatic ring is 1. The molecule has 0 amide bonds. The van der Waals surface area contributed by atoms with E-state index in [-0.39, 0.29) is 17.3 Å². The third-order valence-corrected chi connectivity index (χ3v) is 5.04. The number of hydrogen-bond acceptors (Lipinski definition) is 5. The Balaban J connectivity index is 1.98. The monoisotopic (exact) mass is 377 g/mol. The highest BCUT2D eigenvalue weighted by Gasteiger charge is 2.21. The van der Waals surface area contributed by atoms with Crippen molar-refractivity contribution in [3.05, 3.63) is 47.7 Å². The molecule has 4 rings (SSSR count). The number of rotatable bonds is 4. The summed E-state index contributed by atoms with van der Waals surface area (Å²) in [4.78, 5) is 3.44. The van der Waals surface area contributed by atoms with Crippen LogP contribution < -0.4 is 5.73 Å². The van der Waals surface area contributed by atoms with Crippen molar-refractivity contribution < 1.29 is 10.2 Å². The maximum Gasteiger partial charge on any atom is 0.174 e. The molecule has 0 spiro atoms. The fourth-order valence-corrected chi connectivity index (χ4v) is 3.47. The minimum absolute atomic E-state index is 0.0488. The second kappa shape index (κ2) is 6.60. The van der Waals surface area contributed by atoms with Crippen molar-refractivity contribution in [3.63, 3.8) is 0 Å². The van der Waals surface area contributed by atoms with Gasteiger partial charge in [-0.2, -0.15) is 0 Å². The van der Waals surface area contributed by atoms with Crippen LogP contribution in [0.1, 0.15) is 37.9 Å². The molecule has 2 heterocycles. The first kappa shape index (κ1) is 17.9. The quantitative estimate of drug-likeness (QED) is 0.428. The van der Waals surface area contributed by atoms with E-state index in [2.05, 4.69) is 35.2 Å². The summed E-state index contributed by atoms with van der Waals surface area (Å²) in [5.74, 6) is 0.580. The molecule has 5 N–H and O–H groups in total. The number of benzene rings is 2. The van der Waals surface area contributed by atoms with Gasteiger partial charge in [-0.25, -0.2) is 4.68 Å². The van der Waals surface area contributed by atoms with E-state index in [1.807, 2.05) is 25.1 Å². The normalized spacial score (nSPS) is 11.6. The summed E-state index contributed by atoms with van der Waals surface area (Å²) in [5, 5.41) is 29.7. The van der Waals surface area contributed by atoms with Gasteiger partial charge in [0.15, 0.2) is 5.82 Å². The highest BCUT2D eigenvalue weighted by Crippen LogP contribution is 2.37. The van der Waals surface area contributed by atoms with E-state index in [1.54, 1.807) is 6.07 Å². The first-order chi connectivity index (χ1) is 13.4. The summed E-state index contributed by atoms with van der Waals surface area (Å²) in [6, 6.07) is 11.1. The molecule has 0 atom stereocenters. The van der Waals surface area contributed by atoms with Crippen molar-refractivity contribution in [1.29, 1.82) is 0 Å². The second-order valence-electron chi connectivity index (χ2n) is 7.20. The van der Waals surface area contributed by atoms with Gasteiger partial charge in [-0.05, 0) is 36.1 Å². The highest BCUT2D eigenvalue weighted by molar-refractivity contribution is 5.97. The van der Waals surface area contributed by atoms with Crippen LogP contribution in [0.4, 0.5) is 5.82 Å². The number of nitrogens with zero attached hydrogens (tertiary/aromatic N) is 3. The topological polar surface area (TPSA) is 113 Å². The van der Waals surface area contributed by atoms with Gasteiger partial charge >= 0.3 is 0 Å². The van der Waals surface area contributed by atoms with Crippen LogP contribution in [0.25, 0.3) is 27.8 Å². The molecule has 7 heteroatoms. The van der Waals surface area contributed by atoms with Crippen molar-refractivity contribution in [2.75, 3.05) is 5.73 Å². The fraction of sp³-hybridized carbons (Fsp3) is 0.238. The number of aromatic hydroxyl groups is 2. The van der Waals surface area contributed by atoms with Crippen molar-refractivity contribution in [1.82, 2.24) is 20.0 Å². The van der Waals surface area contributed by atoms with Crippen LogP contribution in [0.5, 0.6) is 11.5 Å². The minimum atomic E-state index is -0.0926. The summed E-state index contributed by atoms with van der Waals surface area (Å²) in [7, 11) is 0. The third kappa shape index (κ3) is 2.76. The molecule has 0 aliphatic heterocycles. The molecule has 0 radical (unpaired) electrons. The van der Waals surface area contributed by atoms with Crippen LogP contribution >= 0.6 is 0 Å². The Morgan fingerprint density at radius 1 is 1.14 bits per heavy atom. The van der Waals surface area contributed by atoms with E-state index in [0.717, 1.165) is 22.2 Å². The Morgan fingerprint density at radius 2 is 1.93 bits per heavy atom. The average Bonchev–Trinajstić information content (AvgIpc) is 3.25. The van der Waals surface area contributed by atoms with E-state index >= 15 is 0 Å². The van der Waals surface area contributed by atoms with Gasteiger partial charge in [-0.1, -0.05) is 38.1 Å². The number of aromatic nitrogens is 4. The number of aromatic amines is 1. The first-order valence-corrected chi connectivity index (χ1v) is 9.29. The number of anilines is 1. The largest absolute Gasteiger partial charge is 0.508 e. The number of hydrogen-bond donors (Lipinski definition) is 4. The van der Waals surface area contributed by atoms with E-state index in [4.69, 9.17) is 5.73 Å². The van der Waals surface area contributed by atoms with E-state index < -0.39 is 0 Å². The van der Waals surface area contributed by atoms with Crippen molar-refractivity contribution in [2.24, 2.45) is 0 Å². The molecule has 4 aromatic rings. The first-order valence-electron chi connectivity index (χ1n) is 9.29. The number of H-pyrrole nitrogens is 1. The second-order valence-corrected chi connectivity index (χ2v) is 7.20. The smallest absolute Gasteiger partial charge is 0.174 e. The number of fused-ring (bicyclic) bond motifs is 1. The predicted octanol–water partition coefficient (Wildman–Crippen LogP) is 4.09. The molecule has 7 nitrogen and oxygen atoms in total. The molecular formula is C21H23N5O2. The Bertz CT molecular complexity index is 1170. The maximum atomic E-state index is 10.4. The number of phenolic OH excluding ortho intramolecular Hbond substituents is 2. The molecule has 144 valence electrons. The molecule has 2 aromatic heterocycles. The molecule has 0 saturated carbocycles. The lowest BCUT2D eigenvalue weighted by molar-refractivity contribution is 0.443. The Labute approximate surface area is 162 Å².